The zero-order valence-electron chi connectivity index (χ0n) is 18.7. The molecule has 0 aromatic heterocycles. The molecule has 0 saturated carbocycles. The number of carbonyl (C=O) groups excluding carboxylic acids is 1. The van der Waals surface area contributed by atoms with Gasteiger partial charge in [0, 0.05) is 35.6 Å². The Kier molecular flexibility index (Phi) is 6.62. The van der Waals surface area contributed by atoms with Crippen molar-refractivity contribution < 1.29 is 17.9 Å². The molecule has 1 amide bonds. The van der Waals surface area contributed by atoms with Gasteiger partial charge in [-0.05, 0) is 75.6 Å². The van der Waals surface area contributed by atoms with E-state index in [1.165, 1.54) is 25.7 Å². The number of amides is 1. The van der Waals surface area contributed by atoms with Crippen molar-refractivity contribution in [2.45, 2.75) is 44.6 Å². The van der Waals surface area contributed by atoms with Crippen LogP contribution in [0.5, 0.6) is 5.75 Å². The SMILES string of the molecule is COc1ccc(C(=O)Nc2ccc(N3CCC(C)C3)cc2)cc1S(=O)(=O)NC(C)(C)C. The Hall–Kier alpha value is -2.58. The second-order valence-electron chi connectivity index (χ2n) is 9.06. The van der Waals surface area contributed by atoms with Crippen LogP contribution in [0.1, 0.15) is 44.5 Å². The topological polar surface area (TPSA) is 87.7 Å². The summed E-state index contributed by atoms with van der Waals surface area (Å²) in [7, 11) is -2.47. The van der Waals surface area contributed by atoms with Gasteiger partial charge in [-0.3, -0.25) is 4.79 Å². The molecule has 2 aromatic carbocycles. The van der Waals surface area contributed by atoms with Crippen LogP contribution in [-0.2, 0) is 10.0 Å². The molecule has 2 aromatic rings. The van der Waals surface area contributed by atoms with E-state index in [1.807, 2.05) is 24.3 Å². The largest absolute Gasteiger partial charge is 0.495 e. The van der Waals surface area contributed by atoms with Crippen LogP contribution in [0, 0.1) is 5.92 Å². The van der Waals surface area contributed by atoms with Crippen LogP contribution in [0.15, 0.2) is 47.4 Å². The first-order valence-corrected chi connectivity index (χ1v) is 11.9. The first-order chi connectivity index (χ1) is 14.5. The van der Waals surface area contributed by atoms with Crippen LogP contribution in [0.25, 0.3) is 0 Å². The lowest BCUT2D eigenvalue weighted by atomic mass is 10.1. The predicted molar refractivity (Wildman–Crippen MR) is 123 cm³/mol. The van der Waals surface area contributed by atoms with E-state index < -0.39 is 21.5 Å². The maximum absolute atomic E-state index is 12.8. The number of carbonyl (C=O) groups is 1. The maximum atomic E-state index is 12.8. The molecule has 2 N–H and O–H groups in total. The summed E-state index contributed by atoms with van der Waals surface area (Å²) >= 11 is 0. The van der Waals surface area contributed by atoms with Crippen molar-refractivity contribution in [1.29, 1.82) is 0 Å². The first-order valence-electron chi connectivity index (χ1n) is 10.4. The van der Waals surface area contributed by atoms with Gasteiger partial charge in [-0.25, -0.2) is 13.1 Å². The summed E-state index contributed by atoms with van der Waals surface area (Å²) in [5.74, 6) is 0.475. The number of sulfonamides is 1. The molecule has 0 aliphatic carbocycles. The molecule has 168 valence electrons. The highest BCUT2D eigenvalue weighted by atomic mass is 32.2. The minimum Gasteiger partial charge on any atom is -0.495 e. The van der Waals surface area contributed by atoms with Crippen LogP contribution in [0.4, 0.5) is 11.4 Å². The standard InChI is InChI=1S/C23H31N3O4S/c1-16-12-13-26(15-16)19-9-7-18(8-10-19)24-22(27)17-6-11-20(30-5)21(14-17)31(28,29)25-23(2,3)4/h6-11,14,16,25H,12-13,15H2,1-5H3,(H,24,27). The number of nitrogens with one attached hydrogen (secondary N) is 2. The molecule has 1 aliphatic heterocycles. The molecule has 1 unspecified atom stereocenters. The van der Waals surface area contributed by atoms with Crippen molar-refractivity contribution in [2.75, 3.05) is 30.4 Å². The summed E-state index contributed by atoms with van der Waals surface area (Å²) in [4.78, 5) is 15.0. The van der Waals surface area contributed by atoms with E-state index in [0.29, 0.717) is 11.6 Å². The average Bonchev–Trinajstić information content (AvgIpc) is 3.12. The number of anilines is 2. The van der Waals surface area contributed by atoms with Crippen LogP contribution < -0.4 is 19.7 Å². The summed E-state index contributed by atoms with van der Waals surface area (Å²) in [5, 5.41) is 2.84. The van der Waals surface area contributed by atoms with Crippen molar-refractivity contribution in [3.8, 4) is 5.75 Å². The predicted octanol–water partition coefficient (Wildman–Crippen LogP) is 3.87. The Morgan fingerprint density at radius 1 is 1.13 bits per heavy atom. The van der Waals surface area contributed by atoms with Crippen LogP contribution in [0.3, 0.4) is 0 Å². The van der Waals surface area contributed by atoms with Crippen molar-refractivity contribution >= 4 is 27.3 Å². The van der Waals surface area contributed by atoms with Gasteiger partial charge >= 0.3 is 0 Å². The van der Waals surface area contributed by atoms with Gasteiger partial charge in [0.2, 0.25) is 10.0 Å². The third-order valence-corrected chi connectivity index (χ3v) is 6.85. The molecule has 3 rings (SSSR count). The lowest BCUT2D eigenvalue weighted by Crippen LogP contribution is -2.40. The van der Waals surface area contributed by atoms with Gasteiger partial charge in [-0.1, -0.05) is 6.92 Å². The Morgan fingerprint density at radius 3 is 2.35 bits per heavy atom. The highest BCUT2D eigenvalue weighted by Gasteiger charge is 2.26. The van der Waals surface area contributed by atoms with E-state index in [0.717, 1.165) is 18.8 Å². The van der Waals surface area contributed by atoms with E-state index in [1.54, 1.807) is 26.8 Å². The summed E-state index contributed by atoms with van der Waals surface area (Å²) in [6, 6.07) is 12.1. The number of nitrogens with zero attached hydrogens (tertiary/aromatic N) is 1. The summed E-state index contributed by atoms with van der Waals surface area (Å²) in [6.07, 6.45) is 1.19. The Balaban J connectivity index is 1.79. The van der Waals surface area contributed by atoms with Crippen molar-refractivity contribution in [1.82, 2.24) is 4.72 Å². The molecule has 31 heavy (non-hydrogen) atoms. The molecule has 0 spiro atoms. The molecule has 1 aliphatic rings. The normalized spacial score (nSPS) is 16.9. The second kappa shape index (κ2) is 8.88. The Bertz CT molecular complexity index is 1040. The Labute approximate surface area is 184 Å². The molecular weight excluding hydrogens is 414 g/mol. The monoisotopic (exact) mass is 445 g/mol. The maximum Gasteiger partial charge on any atom is 0.255 e. The summed E-state index contributed by atoms with van der Waals surface area (Å²) < 4.78 is 33.4. The van der Waals surface area contributed by atoms with E-state index >= 15 is 0 Å². The van der Waals surface area contributed by atoms with Crippen molar-refractivity contribution in [2.24, 2.45) is 5.92 Å². The molecule has 0 bridgehead atoms. The molecule has 8 heteroatoms. The number of hydrogen-bond donors (Lipinski definition) is 2. The van der Waals surface area contributed by atoms with E-state index in [2.05, 4.69) is 21.9 Å². The van der Waals surface area contributed by atoms with Crippen molar-refractivity contribution in [3.63, 3.8) is 0 Å². The minimum absolute atomic E-state index is 0.0731. The van der Waals surface area contributed by atoms with Crippen molar-refractivity contribution in [3.05, 3.63) is 48.0 Å². The van der Waals surface area contributed by atoms with Crippen LogP contribution in [-0.4, -0.2) is 40.1 Å². The number of hydrogen-bond acceptors (Lipinski definition) is 5. The number of rotatable bonds is 6. The fraction of sp³-hybridized carbons (Fsp3) is 0.435. The third kappa shape index (κ3) is 5.77. The van der Waals surface area contributed by atoms with Crippen LogP contribution >= 0.6 is 0 Å². The zero-order chi connectivity index (χ0) is 22.8. The molecule has 0 radical (unpaired) electrons. The molecule has 1 atom stereocenters. The second-order valence-corrected chi connectivity index (χ2v) is 10.7. The lowest BCUT2D eigenvalue weighted by Gasteiger charge is -2.21. The smallest absolute Gasteiger partial charge is 0.255 e. The zero-order valence-corrected chi connectivity index (χ0v) is 19.5. The van der Waals surface area contributed by atoms with E-state index in [-0.39, 0.29) is 16.2 Å². The highest BCUT2D eigenvalue weighted by molar-refractivity contribution is 7.89. The molecule has 1 heterocycles. The minimum atomic E-state index is -3.87. The van der Waals surface area contributed by atoms with Gasteiger partial charge in [0.15, 0.2) is 0 Å². The van der Waals surface area contributed by atoms with Gasteiger partial charge < -0.3 is 15.0 Å². The lowest BCUT2D eigenvalue weighted by molar-refractivity contribution is 0.102. The van der Waals surface area contributed by atoms with Crippen LogP contribution in [0.2, 0.25) is 0 Å². The quantitative estimate of drug-likeness (QED) is 0.705. The molecule has 7 nitrogen and oxygen atoms in total. The number of ether oxygens (including phenoxy) is 1. The van der Waals surface area contributed by atoms with Gasteiger partial charge in [-0.15, -0.1) is 0 Å². The van der Waals surface area contributed by atoms with Gasteiger partial charge in [0.05, 0.1) is 7.11 Å². The fourth-order valence-electron chi connectivity index (χ4n) is 3.61. The Morgan fingerprint density at radius 2 is 1.81 bits per heavy atom. The molecular formula is C23H31N3O4S. The first kappa shape index (κ1) is 23.1. The third-order valence-electron chi connectivity index (χ3n) is 5.07. The average molecular weight is 446 g/mol. The number of benzene rings is 2. The number of methoxy groups -OCH3 is 1. The summed E-state index contributed by atoms with van der Waals surface area (Å²) in [6.45, 7) is 9.57. The van der Waals surface area contributed by atoms with Gasteiger partial charge in [0.1, 0.15) is 10.6 Å². The van der Waals surface area contributed by atoms with Gasteiger partial charge in [-0.2, -0.15) is 0 Å². The van der Waals surface area contributed by atoms with E-state index in [9.17, 15) is 13.2 Å². The highest BCUT2D eigenvalue weighted by Crippen LogP contribution is 2.27. The van der Waals surface area contributed by atoms with Gasteiger partial charge in [0.25, 0.3) is 5.91 Å². The van der Waals surface area contributed by atoms with E-state index in [4.69, 9.17) is 4.74 Å². The molecule has 1 fully saturated rings. The fourth-order valence-corrected chi connectivity index (χ4v) is 5.23. The summed E-state index contributed by atoms with van der Waals surface area (Å²) in [5.41, 5.74) is 1.34. The molecule has 1 saturated heterocycles.